The molecule has 2 aromatic heterocycles. The number of ether oxygens (including phenoxy) is 3. The first-order valence-electron chi connectivity index (χ1n) is 13.6. The molecule has 1 aliphatic carbocycles. The molecular formula is C31H31N3O4S. The molecule has 8 heteroatoms. The molecule has 0 spiro atoms. The number of amides is 1. The quantitative estimate of drug-likeness (QED) is 0.321. The van der Waals surface area contributed by atoms with Crippen LogP contribution < -0.4 is 14.4 Å². The number of thiophene rings is 1. The number of pyridine rings is 1. The number of morpholine rings is 1. The number of fused-ring (bicyclic) bond motifs is 3. The second-order valence-electron chi connectivity index (χ2n) is 10.5. The Morgan fingerprint density at radius 2 is 1.79 bits per heavy atom. The summed E-state index contributed by atoms with van der Waals surface area (Å²) in [5.74, 6) is 2.44. The van der Waals surface area contributed by atoms with Crippen LogP contribution in [-0.2, 0) is 30.7 Å². The van der Waals surface area contributed by atoms with E-state index < -0.39 is 0 Å². The van der Waals surface area contributed by atoms with Gasteiger partial charge in [0.15, 0.2) is 11.5 Å². The Kier molecular flexibility index (Phi) is 6.37. The maximum Gasteiger partial charge on any atom is 0.264 e. The van der Waals surface area contributed by atoms with Crippen molar-refractivity contribution in [3.05, 3.63) is 80.5 Å². The molecule has 1 amide bonds. The predicted octanol–water partition coefficient (Wildman–Crippen LogP) is 5.50. The van der Waals surface area contributed by atoms with Gasteiger partial charge in [0, 0.05) is 35.5 Å². The third kappa shape index (κ3) is 4.83. The summed E-state index contributed by atoms with van der Waals surface area (Å²) in [7, 11) is 0. The molecule has 1 saturated heterocycles. The van der Waals surface area contributed by atoms with Gasteiger partial charge in [-0.3, -0.25) is 4.79 Å². The van der Waals surface area contributed by atoms with E-state index in [0.29, 0.717) is 26.3 Å². The fourth-order valence-electron chi connectivity index (χ4n) is 5.82. The van der Waals surface area contributed by atoms with Crippen LogP contribution in [0.3, 0.4) is 0 Å². The van der Waals surface area contributed by atoms with Gasteiger partial charge in [-0.05, 0) is 85.3 Å². The smallest absolute Gasteiger partial charge is 0.264 e. The van der Waals surface area contributed by atoms with Crippen molar-refractivity contribution in [3.8, 4) is 11.5 Å². The lowest BCUT2D eigenvalue weighted by atomic mass is 10.0. The number of hydrogen-bond donors (Lipinski definition) is 0. The highest BCUT2D eigenvalue weighted by Gasteiger charge is 2.25. The van der Waals surface area contributed by atoms with Crippen molar-refractivity contribution in [3.63, 3.8) is 0 Å². The monoisotopic (exact) mass is 541 g/mol. The number of benzene rings is 2. The minimum atomic E-state index is 0.0211. The lowest BCUT2D eigenvalue weighted by Gasteiger charge is -2.31. The van der Waals surface area contributed by atoms with Gasteiger partial charge >= 0.3 is 0 Å². The van der Waals surface area contributed by atoms with Crippen molar-refractivity contribution < 1.29 is 19.0 Å². The first-order valence-corrected chi connectivity index (χ1v) is 14.4. The van der Waals surface area contributed by atoms with E-state index in [9.17, 15) is 4.79 Å². The van der Waals surface area contributed by atoms with E-state index in [1.807, 2.05) is 42.2 Å². The van der Waals surface area contributed by atoms with E-state index >= 15 is 0 Å². The van der Waals surface area contributed by atoms with Crippen LogP contribution in [0.15, 0.2) is 48.5 Å². The summed E-state index contributed by atoms with van der Waals surface area (Å²) >= 11 is 1.54. The molecule has 0 bridgehead atoms. The number of aromatic nitrogens is 1. The van der Waals surface area contributed by atoms with Gasteiger partial charge < -0.3 is 24.0 Å². The summed E-state index contributed by atoms with van der Waals surface area (Å²) in [5.41, 5.74) is 5.94. The number of aryl methyl sites for hydroxylation is 3. The van der Waals surface area contributed by atoms with Crippen molar-refractivity contribution in [1.29, 1.82) is 0 Å². The fourth-order valence-corrected chi connectivity index (χ4v) is 6.65. The molecule has 0 unspecified atom stereocenters. The highest BCUT2D eigenvalue weighted by Crippen LogP contribution is 2.35. The largest absolute Gasteiger partial charge is 0.454 e. The second-order valence-corrected chi connectivity index (χ2v) is 11.8. The Morgan fingerprint density at radius 3 is 2.62 bits per heavy atom. The second kappa shape index (κ2) is 10.2. The Labute approximate surface area is 231 Å². The van der Waals surface area contributed by atoms with E-state index in [1.54, 1.807) is 0 Å². The molecule has 2 aliphatic heterocycles. The number of rotatable bonds is 6. The van der Waals surface area contributed by atoms with Crippen molar-refractivity contribution in [1.82, 2.24) is 9.88 Å². The number of nitrogens with zero attached hydrogens (tertiary/aromatic N) is 3. The van der Waals surface area contributed by atoms with Crippen molar-refractivity contribution >= 4 is 34.0 Å². The van der Waals surface area contributed by atoms with Crippen LogP contribution in [0.4, 0.5) is 5.82 Å². The van der Waals surface area contributed by atoms with Gasteiger partial charge in [-0.25, -0.2) is 4.98 Å². The van der Waals surface area contributed by atoms with Gasteiger partial charge in [0.1, 0.15) is 5.82 Å². The number of carbonyl (C=O) groups excluding carboxylic acids is 1. The van der Waals surface area contributed by atoms with Gasteiger partial charge in [0.05, 0.1) is 30.2 Å². The lowest BCUT2D eigenvalue weighted by molar-refractivity contribution is 0.0734. The van der Waals surface area contributed by atoms with Crippen molar-refractivity contribution in [2.45, 2.75) is 39.3 Å². The molecule has 4 aromatic rings. The van der Waals surface area contributed by atoms with Gasteiger partial charge in [0.25, 0.3) is 5.91 Å². The van der Waals surface area contributed by atoms with Crippen LogP contribution >= 0.6 is 11.3 Å². The molecule has 0 radical (unpaired) electrons. The van der Waals surface area contributed by atoms with Crippen LogP contribution in [0.1, 0.15) is 43.2 Å². The molecule has 2 aromatic carbocycles. The molecule has 4 heterocycles. The zero-order valence-corrected chi connectivity index (χ0v) is 22.9. The lowest BCUT2D eigenvalue weighted by Crippen LogP contribution is -2.38. The summed E-state index contributed by atoms with van der Waals surface area (Å²) < 4.78 is 16.8. The van der Waals surface area contributed by atoms with Crippen LogP contribution in [0, 0.1) is 6.92 Å². The van der Waals surface area contributed by atoms with Crippen LogP contribution in [0.2, 0.25) is 0 Å². The Bertz CT molecular complexity index is 1560. The fraction of sp³-hybridized carbons (Fsp3) is 0.355. The molecule has 7 rings (SSSR count). The van der Waals surface area contributed by atoms with Gasteiger partial charge in [-0.1, -0.05) is 6.07 Å². The molecule has 0 N–H and O–H groups in total. The predicted molar refractivity (Wildman–Crippen MR) is 152 cm³/mol. The molecule has 39 heavy (non-hydrogen) atoms. The molecule has 3 aliphatic rings. The van der Waals surface area contributed by atoms with Crippen LogP contribution in [0.5, 0.6) is 11.5 Å². The zero-order valence-electron chi connectivity index (χ0n) is 22.1. The van der Waals surface area contributed by atoms with E-state index in [2.05, 4.69) is 23.1 Å². The number of hydrogen-bond acceptors (Lipinski definition) is 7. The third-order valence-corrected chi connectivity index (χ3v) is 8.79. The van der Waals surface area contributed by atoms with Crippen molar-refractivity contribution in [2.24, 2.45) is 0 Å². The highest BCUT2D eigenvalue weighted by molar-refractivity contribution is 7.13. The number of carbonyl (C=O) groups is 1. The highest BCUT2D eigenvalue weighted by atomic mass is 32.1. The Morgan fingerprint density at radius 1 is 0.974 bits per heavy atom. The first-order chi connectivity index (χ1) is 19.1. The average Bonchev–Trinajstić information content (AvgIpc) is 3.72. The topological polar surface area (TPSA) is 64.1 Å². The van der Waals surface area contributed by atoms with Gasteiger partial charge in [0.2, 0.25) is 6.79 Å². The summed E-state index contributed by atoms with van der Waals surface area (Å²) in [6.45, 7) is 6.11. The molecule has 0 atom stereocenters. The summed E-state index contributed by atoms with van der Waals surface area (Å²) in [6.07, 6.45) is 3.45. The minimum absolute atomic E-state index is 0.0211. The maximum absolute atomic E-state index is 13.9. The van der Waals surface area contributed by atoms with Gasteiger partial charge in [-0.2, -0.15) is 0 Å². The van der Waals surface area contributed by atoms with Gasteiger partial charge in [-0.15, -0.1) is 11.3 Å². The minimum Gasteiger partial charge on any atom is -0.454 e. The average molecular weight is 542 g/mol. The number of anilines is 1. The molecule has 1 fully saturated rings. The Hall–Kier alpha value is -3.62. The van der Waals surface area contributed by atoms with E-state index in [4.69, 9.17) is 19.2 Å². The van der Waals surface area contributed by atoms with E-state index in [0.717, 1.165) is 75.0 Å². The first kappa shape index (κ1) is 24.4. The summed E-state index contributed by atoms with van der Waals surface area (Å²) in [4.78, 5) is 25.3. The molecule has 200 valence electrons. The van der Waals surface area contributed by atoms with Crippen LogP contribution in [-0.4, -0.2) is 48.9 Å². The van der Waals surface area contributed by atoms with Crippen LogP contribution in [0.25, 0.3) is 10.9 Å². The SMILES string of the molecule is Cc1ccc(C(=O)N(Cc2ccc3c(c2)OCO3)Cc2cc3cc4c(cc3nc2N2CCOCC2)CCC4)s1. The normalized spacial score (nSPS) is 16.1. The third-order valence-electron chi connectivity index (χ3n) is 7.81. The molecular weight excluding hydrogens is 510 g/mol. The van der Waals surface area contributed by atoms with Crippen molar-refractivity contribution in [2.75, 3.05) is 38.0 Å². The standard InChI is InChI=1S/C31H31N3O4S/c1-20-5-8-29(39-20)31(35)34(17-21-6-7-27-28(13-21)38-19-37-27)18-25-15-24-14-22-3-2-4-23(22)16-26(24)32-30(25)33-9-11-36-12-10-33/h5-8,13-16H,2-4,9-12,17-19H2,1H3. The Balaban J connectivity index is 1.29. The summed E-state index contributed by atoms with van der Waals surface area (Å²) in [5, 5.41) is 1.14. The maximum atomic E-state index is 13.9. The van der Waals surface area contributed by atoms with E-state index in [1.165, 1.54) is 28.9 Å². The van der Waals surface area contributed by atoms with E-state index in [-0.39, 0.29) is 12.7 Å². The zero-order chi connectivity index (χ0) is 26.3. The molecule has 0 saturated carbocycles. The molecule has 7 nitrogen and oxygen atoms in total. The summed E-state index contributed by atoms with van der Waals surface area (Å²) in [6, 6.07) is 16.7.